The smallest absolute Gasteiger partial charge is 0.349 e. The van der Waals surface area contributed by atoms with Crippen LogP contribution in [-0.4, -0.2) is 35.3 Å². The molecule has 5 aliphatic carbocycles. The van der Waals surface area contributed by atoms with Crippen LogP contribution in [0.5, 0.6) is 0 Å². The van der Waals surface area contributed by atoms with Crippen molar-refractivity contribution in [3.63, 3.8) is 0 Å². The number of ether oxygens (including phenoxy) is 2. The van der Waals surface area contributed by atoms with Crippen molar-refractivity contribution in [2.24, 2.45) is 28.6 Å². The zero-order chi connectivity index (χ0) is 20.9. The summed E-state index contributed by atoms with van der Waals surface area (Å²) in [7, 11) is 0. The number of carbonyl (C=O) groups is 3. The van der Waals surface area contributed by atoms with Crippen molar-refractivity contribution in [3.8, 4) is 0 Å². The molecule has 0 aromatic rings. The fourth-order valence-corrected chi connectivity index (χ4v) is 8.36. The molecule has 8 atom stereocenters. The van der Waals surface area contributed by atoms with Crippen LogP contribution in [-0.2, 0) is 23.9 Å². The Kier molecular flexibility index (Phi) is 3.88. The van der Waals surface area contributed by atoms with E-state index in [1.54, 1.807) is 0 Å². The largest absolute Gasteiger partial charge is 0.459 e. The molecule has 30 heavy (non-hydrogen) atoms. The molecule has 0 amide bonds. The summed E-state index contributed by atoms with van der Waals surface area (Å²) in [4.78, 5) is 37.2. The van der Waals surface area contributed by atoms with Gasteiger partial charge in [0, 0.05) is 18.3 Å². The number of esters is 1. The molecular weight excluding hydrogens is 380 g/mol. The van der Waals surface area contributed by atoms with E-state index in [1.165, 1.54) is 5.57 Å². The van der Waals surface area contributed by atoms with Crippen molar-refractivity contribution < 1.29 is 23.9 Å². The van der Waals surface area contributed by atoms with Crippen LogP contribution in [0.1, 0.15) is 78.1 Å². The molecule has 0 spiro atoms. The first-order valence-electron chi connectivity index (χ1n) is 11.9. The van der Waals surface area contributed by atoms with Crippen LogP contribution in [0.3, 0.4) is 0 Å². The molecule has 6 aliphatic rings. The lowest BCUT2D eigenvalue weighted by atomic mass is 9.47. The van der Waals surface area contributed by atoms with Gasteiger partial charge in [0.15, 0.2) is 11.6 Å². The molecule has 6 rings (SSSR count). The maximum atomic E-state index is 12.9. The molecule has 0 bridgehead atoms. The minimum absolute atomic E-state index is 0.0123. The minimum atomic E-state index is -1.25. The van der Waals surface area contributed by atoms with Gasteiger partial charge in [0.2, 0.25) is 5.60 Å². The molecule has 0 aromatic heterocycles. The summed E-state index contributed by atoms with van der Waals surface area (Å²) in [5, 5.41) is 0. The fourth-order valence-electron chi connectivity index (χ4n) is 8.36. The van der Waals surface area contributed by atoms with Crippen LogP contribution in [0.2, 0.25) is 0 Å². The average Bonchev–Trinajstić information content (AvgIpc) is 3.25. The summed E-state index contributed by atoms with van der Waals surface area (Å²) in [5.41, 5.74) is 0.289. The van der Waals surface area contributed by atoms with Gasteiger partial charge in [-0.1, -0.05) is 19.4 Å². The lowest BCUT2D eigenvalue weighted by Gasteiger charge is -2.57. The second-order valence-electron chi connectivity index (χ2n) is 11.3. The molecule has 162 valence electrons. The number of epoxide rings is 1. The van der Waals surface area contributed by atoms with E-state index in [0.717, 1.165) is 44.9 Å². The van der Waals surface area contributed by atoms with Gasteiger partial charge in [0.25, 0.3) is 0 Å². The summed E-state index contributed by atoms with van der Waals surface area (Å²) in [5.74, 6) is 1.61. The Morgan fingerprint density at radius 1 is 1.00 bits per heavy atom. The zero-order valence-corrected chi connectivity index (χ0v) is 18.1. The maximum Gasteiger partial charge on any atom is 0.349 e. The van der Waals surface area contributed by atoms with Gasteiger partial charge in [0.1, 0.15) is 12.2 Å². The highest BCUT2D eigenvalue weighted by molar-refractivity contribution is 6.12. The van der Waals surface area contributed by atoms with Crippen molar-refractivity contribution >= 4 is 17.5 Å². The Balaban J connectivity index is 1.23. The molecule has 0 radical (unpaired) electrons. The van der Waals surface area contributed by atoms with Gasteiger partial charge in [-0.15, -0.1) is 0 Å². The number of allylic oxidation sites excluding steroid dienone is 1. The molecule has 4 unspecified atom stereocenters. The topological polar surface area (TPSA) is 73.0 Å². The van der Waals surface area contributed by atoms with E-state index < -0.39 is 11.6 Å². The molecule has 1 aliphatic heterocycles. The monoisotopic (exact) mass is 412 g/mol. The highest BCUT2D eigenvalue weighted by Crippen LogP contribution is 2.66. The number of carbonyl (C=O) groups excluding carboxylic acids is 3. The van der Waals surface area contributed by atoms with E-state index in [1.807, 2.05) is 6.08 Å². The van der Waals surface area contributed by atoms with E-state index in [2.05, 4.69) is 13.8 Å². The molecule has 0 N–H and O–H groups in total. The van der Waals surface area contributed by atoms with E-state index in [0.29, 0.717) is 42.8 Å². The number of ketones is 2. The van der Waals surface area contributed by atoms with E-state index in [4.69, 9.17) is 9.47 Å². The normalized spacial score (nSPS) is 51.4. The van der Waals surface area contributed by atoms with Gasteiger partial charge in [-0.05, 0) is 80.6 Å². The minimum Gasteiger partial charge on any atom is -0.459 e. The number of hydrogen-bond donors (Lipinski definition) is 0. The van der Waals surface area contributed by atoms with Crippen LogP contribution in [0.15, 0.2) is 11.6 Å². The number of fused-ring (bicyclic) bond motifs is 6. The van der Waals surface area contributed by atoms with Gasteiger partial charge in [-0.2, -0.15) is 0 Å². The Hall–Kier alpha value is -1.49. The summed E-state index contributed by atoms with van der Waals surface area (Å²) >= 11 is 0. The van der Waals surface area contributed by atoms with Crippen LogP contribution in [0.25, 0.3) is 0 Å². The summed E-state index contributed by atoms with van der Waals surface area (Å²) in [6.45, 7) is 4.71. The third-order valence-corrected chi connectivity index (χ3v) is 10.2. The Morgan fingerprint density at radius 3 is 2.57 bits per heavy atom. The lowest BCUT2D eigenvalue weighted by molar-refractivity contribution is -0.167. The predicted octanol–water partition coefficient (Wildman–Crippen LogP) is 3.93. The SMILES string of the molecule is C[C@]12CCC(=O)C=C1CC[C@@H]1C2CC[C@@]2(C)C1CC[C@@H]2OC(=O)C12OC1CCC2=O. The fraction of sp³-hybridized carbons (Fsp3) is 0.800. The third kappa shape index (κ3) is 2.31. The van der Waals surface area contributed by atoms with Crippen molar-refractivity contribution in [2.75, 3.05) is 0 Å². The van der Waals surface area contributed by atoms with Crippen molar-refractivity contribution in [2.45, 2.75) is 95.9 Å². The van der Waals surface area contributed by atoms with Crippen molar-refractivity contribution in [1.29, 1.82) is 0 Å². The molecule has 1 heterocycles. The molecule has 1 saturated heterocycles. The third-order valence-electron chi connectivity index (χ3n) is 10.2. The van der Waals surface area contributed by atoms with Crippen LogP contribution in [0.4, 0.5) is 0 Å². The maximum absolute atomic E-state index is 12.9. The number of rotatable bonds is 2. The molecule has 5 fully saturated rings. The first-order valence-corrected chi connectivity index (χ1v) is 11.9. The van der Waals surface area contributed by atoms with Gasteiger partial charge >= 0.3 is 5.97 Å². The zero-order valence-electron chi connectivity index (χ0n) is 18.1. The predicted molar refractivity (Wildman–Crippen MR) is 108 cm³/mol. The van der Waals surface area contributed by atoms with E-state index >= 15 is 0 Å². The van der Waals surface area contributed by atoms with Crippen molar-refractivity contribution in [1.82, 2.24) is 0 Å². The first-order chi connectivity index (χ1) is 14.3. The van der Waals surface area contributed by atoms with Gasteiger partial charge in [0.05, 0.1) is 0 Å². The van der Waals surface area contributed by atoms with Crippen molar-refractivity contribution in [3.05, 3.63) is 11.6 Å². The highest BCUT2D eigenvalue weighted by Gasteiger charge is 2.73. The molecule has 5 heteroatoms. The van der Waals surface area contributed by atoms with Gasteiger partial charge < -0.3 is 9.47 Å². The summed E-state index contributed by atoms with van der Waals surface area (Å²) in [6.07, 6.45) is 10.7. The lowest BCUT2D eigenvalue weighted by Crippen LogP contribution is -2.52. The Labute approximate surface area is 177 Å². The van der Waals surface area contributed by atoms with E-state index in [-0.39, 0.29) is 28.8 Å². The highest BCUT2D eigenvalue weighted by atomic mass is 16.7. The molecule has 5 nitrogen and oxygen atoms in total. The number of Topliss-reactive ketones (excluding diaryl/α,β-unsaturated/α-hetero) is 1. The molecule has 0 aromatic carbocycles. The second-order valence-corrected chi connectivity index (χ2v) is 11.3. The second kappa shape index (κ2) is 6.05. The van der Waals surface area contributed by atoms with Gasteiger partial charge in [-0.25, -0.2) is 4.79 Å². The van der Waals surface area contributed by atoms with Crippen LogP contribution in [0, 0.1) is 28.6 Å². The Morgan fingerprint density at radius 2 is 1.83 bits per heavy atom. The van der Waals surface area contributed by atoms with Crippen LogP contribution >= 0.6 is 0 Å². The molecular formula is C25H32O5. The summed E-state index contributed by atoms with van der Waals surface area (Å²) < 4.78 is 11.6. The summed E-state index contributed by atoms with van der Waals surface area (Å²) in [6, 6.07) is 0. The average molecular weight is 413 g/mol. The quantitative estimate of drug-likeness (QED) is 0.390. The molecule has 4 saturated carbocycles. The van der Waals surface area contributed by atoms with Crippen LogP contribution < -0.4 is 0 Å². The Bertz CT molecular complexity index is 875. The van der Waals surface area contributed by atoms with E-state index in [9.17, 15) is 14.4 Å². The number of hydrogen-bond acceptors (Lipinski definition) is 5. The first kappa shape index (κ1) is 19.2. The van der Waals surface area contributed by atoms with Gasteiger partial charge in [-0.3, -0.25) is 9.59 Å². The standard InChI is InChI=1S/C25H32O5/c1-23-11-9-15(26)13-14(23)3-4-16-17-5-7-20(24(17,2)12-10-18(16)23)29-22(28)25-19(27)6-8-21(25)30-25/h13,16-18,20-21H,3-12H2,1-2H3/t16-,17?,18?,20-,21?,23-,24-,25?/m0/s1.